The van der Waals surface area contributed by atoms with Gasteiger partial charge in [-0.2, -0.15) is 15.1 Å². The number of ether oxygens (including phenoxy) is 1. The van der Waals surface area contributed by atoms with E-state index in [0.29, 0.717) is 11.5 Å². The van der Waals surface area contributed by atoms with Gasteiger partial charge < -0.3 is 10.5 Å². The fourth-order valence-corrected chi connectivity index (χ4v) is 2.42. The van der Waals surface area contributed by atoms with E-state index < -0.39 is 0 Å². The van der Waals surface area contributed by atoms with Gasteiger partial charge in [0.1, 0.15) is 11.5 Å². The van der Waals surface area contributed by atoms with E-state index >= 15 is 0 Å². The fraction of sp³-hybridized carbons (Fsp3) is 0.583. The molecular weight excluding hydrogens is 230 g/mol. The van der Waals surface area contributed by atoms with Crippen molar-refractivity contribution in [2.75, 3.05) is 5.73 Å². The number of nitrogens with zero attached hydrogens (tertiary/aromatic N) is 3. The monoisotopic (exact) mass is 247 g/mol. The van der Waals surface area contributed by atoms with Crippen molar-refractivity contribution in [3.05, 3.63) is 6.20 Å². The second kappa shape index (κ2) is 4.44. The lowest BCUT2D eigenvalue weighted by Crippen LogP contribution is -2.23. The van der Waals surface area contributed by atoms with Gasteiger partial charge in [-0.25, -0.2) is 0 Å². The Hall–Kier alpha value is -1.85. The van der Waals surface area contributed by atoms with Crippen LogP contribution in [0.3, 0.4) is 0 Å². The molecule has 0 spiro atoms. The summed E-state index contributed by atoms with van der Waals surface area (Å²) in [7, 11) is 0. The van der Waals surface area contributed by atoms with Crippen LogP contribution >= 0.6 is 0 Å². The van der Waals surface area contributed by atoms with E-state index in [-0.39, 0.29) is 12.1 Å². The van der Waals surface area contributed by atoms with Crippen molar-refractivity contribution in [3.63, 3.8) is 0 Å². The van der Waals surface area contributed by atoms with E-state index in [2.05, 4.69) is 27.1 Å². The van der Waals surface area contributed by atoms with Crippen LogP contribution in [0.1, 0.15) is 32.6 Å². The average Bonchev–Trinajstić information content (AvgIpc) is 2.80. The summed E-state index contributed by atoms with van der Waals surface area (Å²) in [5, 5.41) is 7.52. The summed E-state index contributed by atoms with van der Waals surface area (Å²) in [6.07, 6.45) is 6.47. The molecular formula is C12H17N5O. The van der Waals surface area contributed by atoms with Crippen LogP contribution in [0.15, 0.2) is 6.20 Å². The maximum Gasteiger partial charge on any atom is 0.229 e. The van der Waals surface area contributed by atoms with Gasteiger partial charge in [-0.15, -0.1) is 0 Å². The number of hydrogen-bond donors (Lipinski definition) is 2. The molecule has 0 aromatic carbocycles. The normalized spacial score (nSPS) is 24.3. The number of anilines is 1. The molecule has 1 fully saturated rings. The van der Waals surface area contributed by atoms with Crippen molar-refractivity contribution in [1.82, 2.24) is 20.2 Å². The fourth-order valence-electron chi connectivity index (χ4n) is 2.42. The number of aromatic amines is 1. The van der Waals surface area contributed by atoms with E-state index in [1.807, 2.05) is 0 Å². The lowest BCUT2D eigenvalue weighted by atomic mass is 9.89. The number of H-pyrrole nitrogens is 1. The van der Waals surface area contributed by atoms with E-state index in [9.17, 15) is 0 Å². The summed E-state index contributed by atoms with van der Waals surface area (Å²) in [5.74, 6) is 1.56. The molecule has 0 aliphatic heterocycles. The number of nitrogen functional groups attached to an aromatic ring is 1. The Morgan fingerprint density at radius 3 is 2.83 bits per heavy atom. The van der Waals surface area contributed by atoms with Gasteiger partial charge in [-0.05, 0) is 31.6 Å². The molecule has 18 heavy (non-hydrogen) atoms. The summed E-state index contributed by atoms with van der Waals surface area (Å²) in [5.41, 5.74) is 6.29. The number of nitrogens with one attached hydrogen (secondary N) is 1. The highest BCUT2D eigenvalue weighted by molar-refractivity contribution is 5.80. The smallest absolute Gasteiger partial charge is 0.229 e. The number of rotatable bonds is 2. The zero-order valence-electron chi connectivity index (χ0n) is 10.4. The van der Waals surface area contributed by atoms with E-state index in [4.69, 9.17) is 10.5 Å². The van der Waals surface area contributed by atoms with Gasteiger partial charge in [0.25, 0.3) is 0 Å². The second-order valence-corrected chi connectivity index (χ2v) is 5.02. The SMILES string of the molecule is CC1CCC(Oc2nc(N)nc3[nH]ncc23)CC1. The molecule has 6 heteroatoms. The third kappa shape index (κ3) is 2.10. The Morgan fingerprint density at radius 2 is 2.06 bits per heavy atom. The number of nitrogens with two attached hydrogens (primary N) is 1. The van der Waals surface area contributed by atoms with E-state index in [1.54, 1.807) is 6.20 Å². The molecule has 3 rings (SSSR count). The summed E-state index contributed by atoms with van der Waals surface area (Å²) < 4.78 is 5.96. The first kappa shape index (κ1) is 11.3. The van der Waals surface area contributed by atoms with Crippen LogP contribution in [0.5, 0.6) is 5.88 Å². The van der Waals surface area contributed by atoms with Gasteiger partial charge in [-0.3, -0.25) is 5.10 Å². The van der Waals surface area contributed by atoms with Crippen LogP contribution in [-0.4, -0.2) is 26.3 Å². The van der Waals surface area contributed by atoms with Gasteiger partial charge in [0.05, 0.1) is 6.20 Å². The van der Waals surface area contributed by atoms with Crippen LogP contribution in [0, 0.1) is 5.92 Å². The molecule has 2 aromatic heterocycles. The summed E-state index contributed by atoms with van der Waals surface area (Å²) in [4.78, 5) is 8.24. The molecule has 2 aromatic rings. The summed E-state index contributed by atoms with van der Waals surface area (Å²) >= 11 is 0. The molecule has 0 bridgehead atoms. The quantitative estimate of drug-likeness (QED) is 0.845. The van der Waals surface area contributed by atoms with Crippen molar-refractivity contribution in [2.24, 2.45) is 5.92 Å². The lowest BCUT2D eigenvalue weighted by molar-refractivity contribution is 0.132. The van der Waals surface area contributed by atoms with Crippen LogP contribution in [0.2, 0.25) is 0 Å². The minimum absolute atomic E-state index is 0.214. The Bertz CT molecular complexity index is 544. The minimum Gasteiger partial charge on any atom is -0.474 e. The maximum absolute atomic E-state index is 5.96. The van der Waals surface area contributed by atoms with Crippen molar-refractivity contribution < 1.29 is 4.74 Å². The zero-order valence-corrected chi connectivity index (χ0v) is 10.4. The molecule has 0 radical (unpaired) electrons. The maximum atomic E-state index is 5.96. The topological polar surface area (TPSA) is 89.7 Å². The highest BCUT2D eigenvalue weighted by Crippen LogP contribution is 2.29. The van der Waals surface area contributed by atoms with Crippen LogP contribution in [0.4, 0.5) is 5.95 Å². The predicted octanol–water partition coefficient (Wildman–Crippen LogP) is 1.89. The summed E-state index contributed by atoms with van der Waals surface area (Å²) in [6, 6.07) is 0. The molecule has 0 amide bonds. The van der Waals surface area contributed by atoms with Crippen molar-refractivity contribution in [3.8, 4) is 5.88 Å². The molecule has 2 heterocycles. The molecule has 3 N–H and O–H groups in total. The standard InChI is InChI=1S/C12H17N5O/c1-7-2-4-8(5-3-7)18-11-9-6-14-17-10(9)15-12(13)16-11/h6-8H,2-5H2,1H3,(H3,13,14,15,16,17). The summed E-state index contributed by atoms with van der Waals surface area (Å²) in [6.45, 7) is 2.28. The first-order chi connectivity index (χ1) is 8.72. The Balaban J connectivity index is 1.83. The molecule has 6 nitrogen and oxygen atoms in total. The van der Waals surface area contributed by atoms with Gasteiger partial charge in [-0.1, -0.05) is 6.92 Å². The first-order valence-corrected chi connectivity index (χ1v) is 6.35. The third-order valence-corrected chi connectivity index (χ3v) is 3.53. The first-order valence-electron chi connectivity index (χ1n) is 6.35. The Labute approximate surface area is 105 Å². The third-order valence-electron chi connectivity index (χ3n) is 3.53. The number of aromatic nitrogens is 4. The molecule has 0 saturated heterocycles. The predicted molar refractivity (Wildman–Crippen MR) is 68.1 cm³/mol. The lowest BCUT2D eigenvalue weighted by Gasteiger charge is -2.26. The van der Waals surface area contributed by atoms with Crippen LogP contribution < -0.4 is 10.5 Å². The van der Waals surface area contributed by atoms with Crippen LogP contribution in [0.25, 0.3) is 11.0 Å². The average molecular weight is 247 g/mol. The molecule has 1 aliphatic carbocycles. The molecule has 0 unspecified atom stereocenters. The van der Waals surface area contributed by atoms with Gasteiger partial charge >= 0.3 is 0 Å². The molecule has 0 atom stereocenters. The highest BCUT2D eigenvalue weighted by atomic mass is 16.5. The molecule has 1 saturated carbocycles. The number of fused-ring (bicyclic) bond motifs is 1. The van der Waals surface area contributed by atoms with Gasteiger partial charge in [0, 0.05) is 0 Å². The van der Waals surface area contributed by atoms with Crippen molar-refractivity contribution in [1.29, 1.82) is 0 Å². The highest BCUT2D eigenvalue weighted by Gasteiger charge is 2.21. The van der Waals surface area contributed by atoms with Crippen LogP contribution in [-0.2, 0) is 0 Å². The van der Waals surface area contributed by atoms with E-state index in [0.717, 1.165) is 24.1 Å². The van der Waals surface area contributed by atoms with E-state index in [1.165, 1.54) is 12.8 Å². The van der Waals surface area contributed by atoms with Gasteiger partial charge in [0.2, 0.25) is 11.8 Å². The van der Waals surface area contributed by atoms with Gasteiger partial charge in [0.15, 0.2) is 5.65 Å². The number of hydrogen-bond acceptors (Lipinski definition) is 5. The van der Waals surface area contributed by atoms with Crippen molar-refractivity contribution in [2.45, 2.75) is 38.7 Å². The minimum atomic E-state index is 0.214. The Morgan fingerprint density at radius 1 is 1.28 bits per heavy atom. The Kier molecular flexibility index (Phi) is 2.77. The molecule has 1 aliphatic rings. The second-order valence-electron chi connectivity index (χ2n) is 5.02. The zero-order chi connectivity index (χ0) is 12.5. The molecule has 96 valence electrons. The largest absolute Gasteiger partial charge is 0.474 e. The van der Waals surface area contributed by atoms with Crippen molar-refractivity contribution >= 4 is 17.0 Å².